The lowest BCUT2D eigenvalue weighted by Crippen LogP contribution is -1.98. The maximum Gasteiger partial charge on any atom is 0.144 e. The summed E-state index contributed by atoms with van der Waals surface area (Å²) in [7, 11) is 0. The maximum absolute atomic E-state index is 13.9. The van der Waals surface area contributed by atoms with Crippen LogP contribution in [0.15, 0.2) is 91.0 Å². The molecule has 4 aromatic rings. The predicted molar refractivity (Wildman–Crippen MR) is 121 cm³/mol. The van der Waals surface area contributed by atoms with Gasteiger partial charge < -0.3 is 0 Å². The standard InChI is InChI=1S/C28H21F2N/c1-19(21-5-3-2-4-6-21)15-20-7-9-22(10-8-20)23-11-13-24(14-12-23)25-16-27(29)26(18-31)28(30)17-25/h2-14,16-17,19H,15H2,1H3/t19-/m1/s1. The van der Waals surface area contributed by atoms with Gasteiger partial charge in [0, 0.05) is 0 Å². The van der Waals surface area contributed by atoms with Gasteiger partial charge in [0.15, 0.2) is 0 Å². The quantitative estimate of drug-likeness (QED) is 0.334. The number of nitrogens with zero attached hydrogens (tertiary/aromatic N) is 1. The van der Waals surface area contributed by atoms with E-state index in [-0.39, 0.29) is 0 Å². The first-order valence-corrected chi connectivity index (χ1v) is 10.2. The van der Waals surface area contributed by atoms with Gasteiger partial charge in [-0.1, -0.05) is 85.8 Å². The van der Waals surface area contributed by atoms with Crippen LogP contribution in [0.4, 0.5) is 8.78 Å². The molecule has 0 saturated carbocycles. The molecule has 0 aliphatic rings. The van der Waals surface area contributed by atoms with Crippen LogP contribution in [0.5, 0.6) is 0 Å². The first-order chi connectivity index (χ1) is 15.0. The Hall–Kier alpha value is -3.77. The number of nitriles is 1. The summed E-state index contributed by atoms with van der Waals surface area (Å²) >= 11 is 0. The third-order valence-corrected chi connectivity index (χ3v) is 5.57. The number of halogens is 2. The lowest BCUT2D eigenvalue weighted by molar-refractivity contribution is 0.577. The second-order valence-corrected chi connectivity index (χ2v) is 7.72. The van der Waals surface area contributed by atoms with Gasteiger partial charge in [-0.2, -0.15) is 5.26 Å². The van der Waals surface area contributed by atoms with Crippen molar-refractivity contribution in [2.75, 3.05) is 0 Å². The molecular weight excluding hydrogens is 388 g/mol. The van der Waals surface area contributed by atoms with Gasteiger partial charge in [-0.05, 0) is 57.9 Å². The molecule has 0 spiro atoms. The molecule has 1 atom stereocenters. The second-order valence-electron chi connectivity index (χ2n) is 7.72. The highest BCUT2D eigenvalue weighted by molar-refractivity contribution is 5.71. The van der Waals surface area contributed by atoms with E-state index in [1.807, 2.05) is 30.3 Å². The zero-order chi connectivity index (χ0) is 21.8. The van der Waals surface area contributed by atoms with E-state index in [9.17, 15) is 8.78 Å². The highest BCUT2D eigenvalue weighted by Gasteiger charge is 2.12. The Bertz CT molecular complexity index is 1200. The van der Waals surface area contributed by atoms with Crippen molar-refractivity contribution < 1.29 is 8.78 Å². The molecule has 0 saturated heterocycles. The zero-order valence-electron chi connectivity index (χ0n) is 17.1. The lowest BCUT2D eigenvalue weighted by Gasteiger charge is -2.12. The number of rotatable bonds is 5. The van der Waals surface area contributed by atoms with Crippen molar-refractivity contribution in [3.05, 3.63) is 119 Å². The van der Waals surface area contributed by atoms with E-state index in [2.05, 4.69) is 55.5 Å². The van der Waals surface area contributed by atoms with Crippen LogP contribution in [0.2, 0.25) is 0 Å². The summed E-state index contributed by atoms with van der Waals surface area (Å²) in [6, 6.07) is 30.5. The van der Waals surface area contributed by atoms with Gasteiger partial charge in [-0.25, -0.2) is 8.78 Å². The molecule has 0 fully saturated rings. The van der Waals surface area contributed by atoms with Crippen molar-refractivity contribution in [1.29, 1.82) is 5.26 Å². The van der Waals surface area contributed by atoms with E-state index >= 15 is 0 Å². The minimum absolute atomic E-state index is 0.408. The Morgan fingerprint density at radius 1 is 0.710 bits per heavy atom. The summed E-state index contributed by atoms with van der Waals surface area (Å²) in [5.74, 6) is -1.25. The van der Waals surface area contributed by atoms with E-state index in [4.69, 9.17) is 5.26 Å². The van der Waals surface area contributed by atoms with Crippen LogP contribution in [0, 0.1) is 23.0 Å². The molecule has 0 aromatic heterocycles. The van der Waals surface area contributed by atoms with E-state index in [0.29, 0.717) is 17.0 Å². The van der Waals surface area contributed by atoms with Crippen molar-refractivity contribution in [3.8, 4) is 28.3 Å². The van der Waals surface area contributed by atoms with Crippen LogP contribution >= 0.6 is 0 Å². The topological polar surface area (TPSA) is 23.8 Å². The molecule has 152 valence electrons. The summed E-state index contributed by atoms with van der Waals surface area (Å²) in [6.07, 6.45) is 0.971. The van der Waals surface area contributed by atoms with E-state index in [1.165, 1.54) is 23.3 Å². The molecule has 0 aliphatic carbocycles. The Morgan fingerprint density at radius 3 is 1.71 bits per heavy atom. The van der Waals surface area contributed by atoms with Gasteiger partial charge in [0.1, 0.15) is 23.3 Å². The third-order valence-electron chi connectivity index (χ3n) is 5.57. The van der Waals surface area contributed by atoms with Crippen LogP contribution in [-0.2, 0) is 6.42 Å². The number of hydrogen-bond acceptors (Lipinski definition) is 1. The molecule has 0 unspecified atom stereocenters. The summed E-state index contributed by atoms with van der Waals surface area (Å²) in [5, 5.41) is 8.82. The van der Waals surface area contributed by atoms with Gasteiger partial charge in [0.25, 0.3) is 0 Å². The number of benzene rings is 4. The third kappa shape index (κ3) is 4.54. The number of hydrogen-bond donors (Lipinski definition) is 0. The van der Waals surface area contributed by atoms with Crippen molar-refractivity contribution in [2.24, 2.45) is 0 Å². The molecule has 0 bridgehead atoms. The van der Waals surface area contributed by atoms with E-state index in [1.54, 1.807) is 6.07 Å². The second kappa shape index (κ2) is 8.93. The van der Waals surface area contributed by atoms with Gasteiger partial charge in [0.05, 0.1) is 0 Å². The van der Waals surface area contributed by atoms with Gasteiger partial charge in [0.2, 0.25) is 0 Å². The molecule has 0 aliphatic heterocycles. The molecule has 4 aromatic carbocycles. The van der Waals surface area contributed by atoms with Gasteiger partial charge in [-0.3, -0.25) is 0 Å². The van der Waals surface area contributed by atoms with Crippen molar-refractivity contribution >= 4 is 0 Å². The first kappa shape index (κ1) is 20.5. The Morgan fingerprint density at radius 2 is 1.19 bits per heavy atom. The summed E-state index contributed by atoms with van der Waals surface area (Å²) in [6.45, 7) is 2.23. The minimum atomic E-state index is -0.845. The van der Waals surface area contributed by atoms with Crippen molar-refractivity contribution in [1.82, 2.24) is 0 Å². The molecule has 4 rings (SSSR count). The minimum Gasteiger partial charge on any atom is -0.205 e. The maximum atomic E-state index is 13.9. The normalized spacial score (nSPS) is 11.7. The largest absolute Gasteiger partial charge is 0.205 e. The van der Waals surface area contributed by atoms with Crippen LogP contribution in [-0.4, -0.2) is 0 Å². The molecule has 3 heteroatoms. The van der Waals surface area contributed by atoms with Crippen LogP contribution in [0.25, 0.3) is 22.3 Å². The fourth-order valence-electron chi connectivity index (χ4n) is 3.79. The summed E-state index contributed by atoms with van der Waals surface area (Å²) < 4.78 is 27.8. The molecule has 31 heavy (non-hydrogen) atoms. The Kier molecular flexibility index (Phi) is 5.91. The summed E-state index contributed by atoms with van der Waals surface area (Å²) in [5.41, 5.74) is 5.27. The predicted octanol–water partition coefficient (Wildman–Crippen LogP) is 7.52. The van der Waals surface area contributed by atoms with Crippen molar-refractivity contribution in [3.63, 3.8) is 0 Å². The molecule has 0 amide bonds. The highest BCUT2D eigenvalue weighted by Crippen LogP contribution is 2.28. The molecule has 0 N–H and O–H groups in total. The average Bonchev–Trinajstić information content (AvgIpc) is 2.80. The van der Waals surface area contributed by atoms with Gasteiger partial charge >= 0.3 is 0 Å². The highest BCUT2D eigenvalue weighted by atomic mass is 19.1. The zero-order valence-corrected chi connectivity index (χ0v) is 17.1. The average molecular weight is 409 g/mol. The van der Waals surface area contributed by atoms with Gasteiger partial charge in [-0.15, -0.1) is 0 Å². The van der Waals surface area contributed by atoms with Crippen LogP contribution < -0.4 is 0 Å². The lowest BCUT2D eigenvalue weighted by atomic mass is 9.92. The van der Waals surface area contributed by atoms with Crippen LogP contribution in [0.3, 0.4) is 0 Å². The molecule has 1 nitrogen and oxygen atoms in total. The smallest absolute Gasteiger partial charge is 0.144 e. The van der Waals surface area contributed by atoms with E-state index < -0.39 is 17.2 Å². The molecular formula is C28H21F2N. The molecule has 0 heterocycles. The first-order valence-electron chi connectivity index (χ1n) is 10.2. The Labute approximate surface area is 181 Å². The molecule has 0 radical (unpaired) electrons. The monoisotopic (exact) mass is 409 g/mol. The van der Waals surface area contributed by atoms with Crippen LogP contribution in [0.1, 0.15) is 29.5 Å². The SMILES string of the molecule is C[C@H](Cc1ccc(-c2ccc(-c3cc(F)c(C#N)c(F)c3)cc2)cc1)c1ccccc1. The van der Waals surface area contributed by atoms with E-state index in [0.717, 1.165) is 17.5 Å². The fourth-order valence-corrected chi connectivity index (χ4v) is 3.79. The Balaban J connectivity index is 1.50. The van der Waals surface area contributed by atoms with Crippen molar-refractivity contribution in [2.45, 2.75) is 19.3 Å². The summed E-state index contributed by atoms with van der Waals surface area (Å²) in [4.78, 5) is 0. The fraction of sp³-hybridized carbons (Fsp3) is 0.107.